The second kappa shape index (κ2) is 16.6. The quantitative estimate of drug-likeness (QED) is 0.109. The number of ether oxygens (including phenoxy) is 2. The van der Waals surface area contributed by atoms with E-state index in [1.165, 1.54) is 9.80 Å². The largest absolute Gasteiger partial charge is 0.417 e. The molecule has 1 fully saturated rings. The van der Waals surface area contributed by atoms with E-state index in [0.29, 0.717) is 38.8 Å². The van der Waals surface area contributed by atoms with Crippen LogP contribution in [0.2, 0.25) is 0 Å². The minimum absolute atomic E-state index is 0.289. The van der Waals surface area contributed by atoms with Crippen LogP contribution in [0.1, 0.15) is 61.8 Å². The molecule has 1 aliphatic rings. The van der Waals surface area contributed by atoms with E-state index in [2.05, 4.69) is 9.13 Å². The zero-order chi connectivity index (χ0) is 33.9. The fourth-order valence-corrected chi connectivity index (χ4v) is 5.84. The van der Waals surface area contributed by atoms with Gasteiger partial charge in [-0.3, -0.25) is 9.59 Å². The number of hydrogen-bond acceptors (Lipinski definition) is 6. The molecule has 0 N–H and O–H groups in total. The summed E-state index contributed by atoms with van der Waals surface area (Å²) in [6.45, 7) is 6.78. The molecule has 4 aromatic rings. The molecule has 0 saturated heterocycles. The molecule has 252 valence electrons. The minimum atomic E-state index is -0.835. The van der Waals surface area contributed by atoms with Gasteiger partial charge in [-0.05, 0) is 72.2 Å². The lowest BCUT2D eigenvalue weighted by Crippen LogP contribution is -2.44. The van der Waals surface area contributed by atoms with Crippen molar-refractivity contribution in [2.75, 3.05) is 13.1 Å². The van der Waals surface area contributed by atoms with Crippen molar-refractivity contribution in [1.29, 1.82) is 0 Å². The average molecular weight is 653 g/mol. The molecule has 2 atom stereocenters. The van der Waals surface area contributed by atoms with Gasteiger partial charge in [0.25, 0.3) is 0 Å². The fourth-order valence-electron chi connectivity index (χ4n) is 5.84. The number of aromatic nitrogens is 2. The number of nitrogens with zero attached hydrogens (tertiary/aromatic N) is 4. The summed E-state index contributed by atoms with van der Waals surface area (Å²) in [7, 11) is 0. The SMILES string of the molecule is CCCN(Cc1ccc(Cn2cccc2)cc1)C(=O)OC(=O)C1CCC1C(=O)OC(=O)N(CCC)Cc1ccc(Cn2cccc2)cc1. The van der Waals surface area contributed by atoms with Crippen molar-refractivity contribution in [3.8, 4) is 0 Å². The third-order valence-corrected chi connectivity index (χ3v) is 8.61. The molecule has 2 aromatic carbocycles. The Kier molecular flexibility index (Phi) is 11.9. The van der Waals surface area contributed by atoms with Crippen LogP contribution in [-0.4, -0.2) is 56.1 Å². The van der Waals surface area contributed by atoms with Gasteiger partial charge in [0, 0.05) is 64.1 Å². The Morgan fingerprint density at radius 3 is 1.23 bits per heavy atom. The maximum atomic E-state index is 13.1. The molecule has 0 bridgehead atoms. The van der Waals surface area contributed by atoms with Crippen LogP contribution >= 0.6 is 0 Å². The van der Waals surface area contributed by atoms with Crippen LogP contribution in [0.25, 0.3) is 0 Å². The van der Waals surface area contributed by atoms with Gasteiger partial charge in [-0.25, -0.2) is 9.59 Å². The van der Waals surface area contributed by atoms with Crippen molar-refractivity contribution >= 4 is 24.1 Å². The predicted octanol–water partition coefficient (Wildman–Crippen LogP) is 6.86. The Balaban J connectivity index is 1.11. The van der Waals surface area contributed by atoms with Crippen LogP contribution in [0.3, 0.4) is 0 Å². The van der Waals surface area contributed by atoms with Gasteiger partial charge in [0.15, 0.2) is 0 Å². The summed E-state index contributed by atoms with van der Waals surface area (Å²) < 4.78 is 14.7. The van der Waals surface area contributed by atoms with Crippen molar-refractivity contribution in [3.63, 3.8) is 0 Å². The summed E-state index contributed by atoms with van der Waals surface area (Å²) in [5.41, 5.74) is 4.09. The first-order chi connectivity index (χ1) is 23.3. The van der Waals surface area contributed by atoms with Gasteiger partial charge in [-0.2, -0.15) is 0 Å². The molecule has 0 aliphatic heterocycles. The number of amides is 2. The third kappa shape index (κ3) is 9.24. The van der Waals surface area contributed by atoms with Crippen molar-refractivity contribution in [3.05, 3.63) is 120 Å². The standard InChI is InChI=1S/C38H44N4O6/c1-3-19-41(27-31-13-9-29(10-14-31)25-39-21-5-6-22-39)37(45)47-35(43)33-17-18-34(33)36(44)48-38(46)42(20-4-2)28-32-15-11-30(12-16-32)26-40-23-7-8-24-40/h5-16,21-24,33-34H,3-4,17-20,25-28H2,1-2H3. The molecule has 10 nitrogen and oxygen atoms in total. The number of rotatable bonds is 14. The van der Waals surface area contributed by atoms with E-state index in [0.717, 1.165) is 35.3 Å². The Morgan fingerprint density at radius 1 is 0.583 bits per heavy atom. The van der Waals surface area contributed by atoms with Gasteiger partial charge >= 0.3 is 24.1 Å². The summed E-state index contributed by atoms with van der Waals surface area (Å²) in [5.74, 6) is -3.21. The highest BCUT2D eigenvalue weighted by Gasteiger charge is 2.45. The van der Waals surface area contributed by atoms with Gasteiger partial charge in [0.1, 0.15) is 0 Å². The molecule has 48 heavy (non-hydrogen) atoms. The zero-order valence-electron chi connectivity index (χ0n) is 27.7. The molecule has 2 amide bonds. The molecule has 0 spiro atoms. The minimum Gasteiger partial charge on any atom is -0.376 e. The first-order valence-corrected chi connectivity index (χ1v) is 16.7. The molecular formula is C38H44N4O6. The van der Waals surface area contributed by atoms with Crippen molar-refractivity contribution < 1.29 is 28.7 Å². The molecule has 1 aliphatic carbocycles. The van der Waals surface area contributed by atoms with E-state index < -0.39 is 36.0 Å². The van der Waals surface area contributed by atoms with Gasteiger partial charge in [-0.15, -0.1) is 0 Å². The van der Waals surface area contributed by atoms with E-state index in [9.17, 15) is 19.2 Å². The monoisotopic (exact) mass is 652 g/mol. The van der Waals surface area contributed by atoms with Crippen molar-refractivity contribution in [2.45, 2.75) is 65.7 Å². The number of carbonyl (C=O) groups excluding carboxylic acids is 4. The second-order valence-corrected chi connectivity index (χ2v) is 12.4. The molecule has 2 aromatic heterocycles. The molecule has 5 rings (SSSR count). The summed E-state index contributed by atoms with van der Waals surface area (Å²) in [6.07, 6.45) is 8.64. The fraction of sp³-hybridized carbons (Fsp3) is 0.368. The van der Waals surface area contributed by atoms with Crippen molar-refractivity contribution in [2.24, 2.45) is 11.8 Å². The van der Waals surface area contributed by atoms with Crippen molar-refractivity contribution in [1.82, 2.24) is 18.9 Å². The molecule has 2 unspecified atom stereocenters. The smallest absolute Gasteiger partial charge is 0.376 e. The van der Waals surface area contributed by atoms with Crippen LogP contribution in [0.4, 0.5) is 9.59 Å². The van der Waals surface area contributed by atoms with E-state index in [1.54, 1.807) is 0 Å². The summed E-state index contributed by atoms with van der Waals surface area (Å²) in [6, 6.07) is 23.9. The Bertz CT molecular complexity index is 1510. The number of benzene rings is 2. The summed E-state index contributed by atoms with van der Waals surface area (Å²) in [4.78, 5) is 55.1. The predicted molar refractivity (Wildman–Crippen MR) is 181 cm³/mol. The van der Waals surface area contributed by atoms with Crippen LogP contribution in [0, 0.1) is 11.8 Å². The van der Waals surface area contributed by atoms with Crippen LogP contribution in [0.15, 0.2) is 97.6 Å². The van der Waals surface area contributed by atoms with Crippen LogP contribution < -0.4 is 0 Å². The Hall–Kier alpha value is -5.12. The maximum Gasteiger partial charge on any atom is 0.417 e. The highest BCUT2D eigenvalue weighted by Crippen LogP contribution is 2.36. The first-order valence-electron chi connectivity index (χ1n) is 16.7. The molecule has 2 heterocycles. The van der Waals surface area contributed by atoms with Gasteiger partial charge < -0.3 is 28.4 Å². The highest BCUT2D eigenvalue weighted by atomic mass is 16.6. The lowest BCUT2D eigenvalue weighted by molar-refractivity contribution is -0.161. The van der Waals surface area contributed by atoms with E-state index in [4.69, 9.17) is 9.47 Å². The van der Waals surface area contributed by atoms with Crippen LogP contribution in [-0.2, 0) is 45.2 Å². The van der Waals surface area contributed by atoms with E-state index in [-0.39, 0.29) is 13.1 Å². The topological polar surface area (TPSA) is 103 Å². The maximum absolute atomic E-state index is 13.1. The summed E-state index contributed by atoms with van der Waals surface area (Å²) in [5, 5.41) is 0. The van der Waals surface area contributed by atoms with Gasteiger partial charge in [0.2, 0.25) is 0 Å². The summed E-state index contributed by atoms with van der Waals surface area (Å²) >= 11 is 0. The number of hydrogen-bond donors (Lipinski definition) is 0. The first kappa shape index (κ1) is 34.2. The lowest BCUT2D eigenvalue weighted by Gasteiger charge is -2.33. The molecule has 10 heteroatoms. The van der Waals surface area contributed by atoms with E-state index >= 15 is 0 Å². The normalized spacial score (nSPS) is 15.3. The zero-order valence-corrected chi connectivity index (χ0v) is 27.7. The lowest BCUT2D eigenvalue weighted by atomic mass is 9.74. The molecule has 1 saturated carbocycles. The Morgan fingerprint density at radius 2 is 0.917 bits per heavy atom. The molecular weight excluding hydrogens is 608 g/mol. The van der Waals surface area contributed by atoms with Crippen LogP contribution in [0.5, 0.6) is 0 Å². The number of esters is 2. The van der Waals surface area contributed by atoms with Gasteiger partial charge in [0.05, 0.1) is 11.8 Å². The highest BCUT2D eigenvalue weighted by molar-refractivity contribution is 5.93. The number of carbonyl (C=O) groups is 4. The average Bonchev–Trinajstić information content (AvgIpc) is 3.76. The van der Waals surface area contributed by atoms with E-state index in [1.807, 2.05) is 111 Å². The second-order valence-electron chi connectivity index (χ2n) is 12.4. The third-order valence-electron chi connectivity index (χ3n) is 8.61. The van der Waals surface area contributed by atoms with Gasteiger partial charge in [-0.1, -0.05) is 62.4 Å². The Labute approximate surface area is 281 Å². The molecule has 0 radical (unpaired) electrons.